The molecule has 5 nitrogen and oxygen atoms in total. The van der Waals surface area contributed by atoms with Crippen LogP contribution in [0, 0.1) is 5.82 Å². The van der Waals surface area contributed by atoms with Gasteiger partial charge in [-0.15, -0.1) is 0 Å². The van der Waals surface area contributed by atoms with Crippen LogP contribution in [0.1, 0.15) is 46.9 Å². The van der Waals surface area contributed by atoms with Gasteiger partial charge in [-0.25, -0.2) is 4.39 Å². The monoisotopic (exact) mass is 391 g/mol. The van der Waals surface area contributed by atoms with Crippen LogP contribution >= 0.6 is 11.6 Å². The second kappa shape index (κ2) is 7.52. The van der Waals surface area contributed by atoms with Gasteiger partial charge in [0, 0.05) is 31.4 Å². The number of carbonyl (C=O) groups excluding carboxylic acids is 1. The van der Waals surface area contributed by atoms with Crippen molar-refractivity contribution in [1.29, 1.82) is 0 Å². The van der Waals surface area contributed by atoms with Gasteiger partial charge >= 0.3 is 0 Å². The van der Waals surface area contributed by atoms with Gasteiger partial charge in [-0.2, -0.15) is 0 Å². The molecule has 0 radical (unpaired) electrons. The summed E-state index contributed by atoms with van der Waals surface area (Å²) in [6.07, 6.45) is 4.99. The average Bonchev–Trinajstić information content (AvgIpc) is 3.29. The highest BCUT2D eigenvalue weighted by Crippen LogP contribution is 2.37. The van der Waals surface area contributed by atoms with Gasteiger partial charge in [0.05, 0.1) is 12.1 Å². The zero-order valence-corrected chi connectivity index (χ0v) is 16.0. The zero-order valence-electron chi connectivity index (χ0n) is 15.2. The summed E-state index contributed by atoms with van der Waals surface area (Å²) in [5, 5.41) is 4.21. The summed E-state index contributed by atoms with van der Waals surface area (Å²) >= 11 is 5.89. The molecule has 1 saturated heterocycles. The number of rotatable bonds is 4. The number of amides is 1. The van der Waals surface area contributed by atoms with Crippen molar-refractivity contribution in [2.45, 2.75) is 37.8 Å². The average molecular weight is 392 g/mol. The molecule has 1 atom stereocenters. The van der Waals surface area contributed by atoms with Gasteiger partial charge in [-0.1, -0.05) is 17.7 Å². The number of nitrogens with zero attached hydrogens (tertiary/aromatic N) is 1. The predicted molar refractivity (Wildman–Crippen MR) is 102 cm³/mol. The molecule has 1 aromatic heterocycles. The summed E-state index contributed by atoms with van der Waals surface area (Å²) in [4.78, 5) is 17.3. The van der Waals surface area contributed by atoms with Gasteiger partial charge in [-0.05, 0) is 48.9 Å². The fourth-order valence-corrected chi connectivity index (χ4v) is 4.33. The van der Waals surface area contributed by atoms with Crippen LogP contribution in [0.4, 0.5) is 4.39 Å². The molecule has 2 aromatic rings. The molecule has 27 heavy (non-hydrogen) atoms. The summed E-state index contributed by atoms with van der Waals surface area (Å²) in [6, 6.07) is 5.82. The lowest BCUT2D eigenvalue weighted by molar-refractivity contribution is 0.0696. The quantitative estimate of drug-likeness (QED) is 0.835. The molecule has 0 saturated carbocycles. The largest absolute Gasteiger partial charge is 0.494 e. The highest BCUT2D eigenvalue weighted by Gasteiger charge is 2.30. The van der Waals surface area contributed by atoms with Crippen molar-refractivity contribution in [2.75, 3.05) is 20.2 Å². The molecular weight excluding hydrogens is 369 g/mol. The lowest BCUT2D eigenvalue weighted by atomic mass is 10.0. The number of halogens is 2. The first-order chi connectivity index (χ1) is 13.1. The van der Waals surface area contributed by atoms with Gasteiger partial charge in [0.25, 0.3) is 5.91 Å². The first-order valence-corrected chi connectivity index (χ1v) is 9.69. The van der Waals surface area contributed by atoms with Crippen LogP contribution in [0.5, 0.6) is 5.75 Å². The number of ether oxygens (including phenoxy) is 1. The van der Waals surface area contributed by atoms with E-state index >= 15 is 0 Å². The minimum absolute atomic E-state index is 0.0132. The number of likely N-dealkylation sites (tertiary alicyclic amines) is 1. The molecule has 7 heteroatoms. The molecule has 2 N–H and O–H groups in total. The van der Waals surface area contributed by atoms with Crippen molar-refractivity contribution in [3.8, 4) is 5.75 Å². The Bertz CT molecular complexity index is 846. The number of aromatic amines is 1. The van der Waals surface area contributed by atoms with E-state index in [1.54, 1.807) is 18.3 Å². The maximum absolute atomic E-state index is 14.4. The summed E-state index contributed by atoms with van der Waals surface area (Å²) in [5.74, 6) is 0.0655. The van der Waals surface area contributed by atoms with Gasteiger partial charge in [0.2, 0.25) is 0 Å². The SMILES string of the molecule is COc1ccc2c(c1F)CCC2NC1CCN(C(=O)c2cc(Cl)c[nH]2)CC1. The number of carbonyl (C=O) groups is 1. The molecule has 1 aromatic carbocycles. The third kappa shape index (κ3) is 3.56. The van der Waals surface area contributed by atoms with Gasteiger partial charge in [0.15, 0.2) is 11.6 Å². The molecule has 1 fully saturated rings. The number of benzene rings is 1. The first-order valence-electron chi connectivity index (χ1n) is 9.31. The van der Waals surface area contributed by atoms with Crippen LogP contribution in [0.2, 0.25) is 5.02 Å². The van der Waals surface area contributed by atoms with Crippen molar-refractivity contribution in [2.24, 2.45) is 0 Å². The Hall–Kier alpha value is -2.05. The number of aromatic nitrogens is 1. The van der Waals surface area contributed by atoms with Gasteiger partial charge in [-0.3, -0.25) is 4.79 Å². The predicted octanol–water partition coefficient (Wildman–Crippen LogP) is 3.70. The number of piperidine rings is 1. The zero-order chi connectivity index (χ0) is 19.0. The highest BCUT2D eigenvalue weighted by atomic mass is 35.5. The van der Waals surface area contributed by atoms with Crippen LogP contribution in [-0.4, -0.2) is 42.0 Å². The van der Waals surface area contributed by atoms with Gasteiger partial charge < -0.3 is 19.9 Å². The Kier molecular flexibility index (Phi) is 5.10. The second-order valence-electron chi connectivity index (χ2n) is 7.21. The Morgan fingerprint density at radius 2 is 2.11 bits per heavy atom. The normalized spacial score (nSPS) is 20.0. The fourth-order valence-electron chi connectivity index (χ4n) is 4.17. The van der Waals surface area contributed by atoms with E-state index in [1.807, 2.05) is 11.0 Å². The molecule has 144 valence electrons. The maximum Gasteiger partial charge on any atom is 0.270 e. The van der Waals surface area contributed by atoms with Crippen LogP contribution in [0.25, 0.3) is 0 Å². The molecule has 4 rings (SSSR count). The summed E-state index contributed by atoms with van der Waals surface area (Å²) < 4.78 is 19.5. The molecule has 1 aliphatic carbocycles. The number of hydrogen-bond donors (Lipinski definition) is 2. The Morgan fingerprint density at radius 3 is 2.78 bits per heavy atom. The lowest BCUT2D eigenvalue weighted by Crippen LogP contribution is -2.45. The smallest absolute Gasteiger partial charge is 0.270 e. The second-order valence-corrected chi connectivity index (χ2v) is 7.64. The molecule has 1 amide bonds. The van der Waals surface area contributed by atoms with E-state index in [2.05, 4.69) is 10.3 Å². The van der Waals surface area contributed by atoms with Crippen molar-refractivity contribution < 1.29 is 13.9 Å². The minimum atomic E-state index is -0.232. The van der Waals surface area contributed by atoms with Crippen LogP contribution < -0.4 is 10.1 Å². The third-order valence-electron chi connectivity index (χ3n) is 5.62. The third-order valence-corrected chi connectivity index (χ3v) is 5.84. The Labute approximate surface area is 162 Å². The van der Waals surface area contributed by atoms with Crippen molar-refractivity contribution in [1.82, 2.24) is 15.2 Å². The molecule has 0 bridgehead atoms. The first kappa shape index (κ1) is 18.3. The number of methoxy groups -OCH3 is 1. The van der Waals surface area contributed by atoms with Crippen LogP contribution in [-0.2, 0) is 6.42 Å². The number of fused-ring (bicyclic) bond motifs is 1. The van der Waals surface area contributed by atoms with Gasteiger partial charge in [0.1, 0.15) is 5.69 Å². The summed E-state index contributed by atoms with van der Waals surface area (Å²) in [7, 11) is 1.49. The Balaban J connectivity index is 1.36. The molecule has 2 heterocycles. The fraction of sp³-hybridized carbons (Fsp3) is 0.450. The van der Waals surface area contributed by atoms with E-state index in [0.29, 0.717) is 35.6 Å². The minimum Gasteiger partial charge on any atom is -0.494 e. The van der Waals surface area contributed by atoms with Crippen molar-refractivity contribution >= 4 is 17.5 Å². The number of nitrogens with one attached hydrogen (secondary N) is 2. The topological polar surface area (TPSA) is 57.4 Å². The van der Waals surface area contributed by atoms with E-state index in [4.69, 9.17) is 16.3 Å². The highest BCUT2D eigenvalue weighted by molar-refractivity contribution is 6.30. The van der Waals surface area contributed by atoms with Crippen molar-refractivity contribution in [3.05, 3.63) is 52.1 Å². The molecule has 1 unspecified atom stereocenters. The standard InChI is InChI=1S/C20H23ClFN3O2/c1-27-18-5-3-14-15(19(18)22)2-4-16(14)24-13-6-8-25(9-7-13)20(26)17-10-12(21)11-23-17/h3,5,10-11,13,16,23-24H,2,4,6-9H2,1H3. The number of H-pyrrole nitrogens is 1. The molecule has 1 aliphatic heterocycles. The van der Waals surface area contributed by atoms with Crippen LogP contribution in [0.3, 0.4) is 0 Å². The van der Waals surface area contributed by atoms with E-state index in [0.717, 1.165) is 36.8 Å². The lowest BCUT2D eigenvalue weighted by Gasteiger charge is -2.34. The van der Waals surface area contributed by atoms with Crippen molar-refractivity contribution in [3.63, 3.8) is 0 Å². The summed E-state index contributed by atoms with van der Waals surface area (Å²) in [5.41, 5.74) is 2.33. The van der Waals surface area contributed by atoms with E-state index in [9.17, 15) is 9.18 Å². The van der Waals surface area contributed by atoms with E-state index < -0.39 is 0 Å². The van der Waals surface area contributed by atoms with E-state index in [1.165, 1.54) is 7.11 Å². The maximum atomic E-state index is 14.4. The van der Waals surface area contributed by atoms with E-state index in [-0.39, 0.29) is 17.8 Å². The summed E-state index contributed by atoms with van der Waals surface area (Å²) in [6.45, 7) is 1.40. The number of hydrogen-bond acceptors (Lipinski definition) is 3. The van der Waals surface area contributed by atoms with Crippen LogP contribution in [0.15, 0.2) is 24.4 Å². The Morgan fingerprint density at radius 1 is 1.33 bits per heavy atom. The molecule has 2 aliphatic rings. The molecule has 0 spiro atoms. The molecular formula is C20H23ClFN3O2.